The Morgan fingerprint density at radius 2 is 1.81 bits per heavy atom. The van der Waals surface area contributed by atoms with Gasteiger partial charge >= 0.3 is 5.97 Å². The molecule has 3 nitrogen and oxygen atoms in total. The van der Waals surface area contributed by atoms with Gasteiger partial charge in [-0.15, -0.1) is 11.8 Å². The highest BCUT2D eigenvalue weighted by Crippen LogP contribution is 2.33. The Bertz CT molecular complexity index is 560. The molecule has 0 aromatic heterocycles. The lowest BCUT2D eigenvalue weighted by molar-refractivity contribution is -0.150. The lowest BCUT2D eigenvalue weighted by Crippen LogP contribution is -2.35. The van der Waals surface area contributed by atoms with Crippen LogP contribution in [0.1, 0.15) is 56.9 Å². The number of carbonyl (C=O) groups excluding carboxylic acids is 1. The zero-order valence-corrected chi connectivity index (χ0v) is 17.1. The number of benzene rings is 1. The Balaban J connectivity index is 1.43. The molecule has 3 rings (SSSR count). The molecule has 2 fully saturated rings. The molecule has 0 spiro atoms. The summed E-state index contributed by atoms with van der Waals surface area (Å²) >= 11 is 7.88. The number of likely N-dealkylation sites (tertiary alicyclic amines) is 1. The van der Waals surface area contributed by atoms with Crippen LogP contribution >= 0.6 is 23.4 Å². The van der Waals surface area contributed by atoms with E-state index in [1.54, 1.807) is 0 Å². The first-order valence-electron chi connectivity index (χ1n) is 9.98. The van der Waals surface area contributed by atoms with Gasteiger partial charge in [-0.25, -0.2) is 0 Å². The molecule has 0 bridgehead atoms. The molecule has 2 aliphatic rings. The summed E-state index contributed by atoms with van der Waals surface area (Å²) in [5.41, 5.74) is 1.28. The van der Waals surface area contributed by atoms with Crippen LogP contribution in [0.3, 0.4) is 0 Å². The molecule has 5 heteroatoms. The number of halogens is 1. The van der Waals surface area contributed by atoms with Crippen molar-refractivity contribution >= 4 is 29.3 Å². The van der Waals surface area contributed by atoms with Gasteiger partial charge in [0, 0.05) is 22.6 Å². The third-order valence-electron chi connectivity index (χ3n) is 5.38. The second-order valence-corrected chi connectivity index (χ2v) is 9.10. The zero-order chi connectivity index (χ0) is 18.2. The van der Waals surface area contributed by atoms with Gasteiger partial charge in [0.05, 0.1) is 6.42 Å². The minimum absolute atomic E-state index is 0.0143. The Hall–Kier alpha value is -0.710. The molecule has 2 atom stereocenters. The first-order chi connectivity index (χ1) is 12.7. The fourth-order valence-electron chi connectivity index (χ4n) is 3.83. The van der Waals surface area contributed by atoms with Gasteiger partial charge in [-0.1, -0.05) is 36.6 Å². The van der Waals surface area contributed by atoms with Crippen molar-refractivity contribution in [2.75, 3.05) is 19.6 Å². The molecule has 0 unspecified atom stereocenters. The van der Waals surface area contributed by atoms with Crippen LogP contribution in [0.4, 0.5) is 0 Å². The molecule has 0 amide bonds. The van der Waals surface area contributed by atoms with Gasteiger partial charge in [0.1, 0.15) is 6.10 Å². The molecule has 26 heavy (non-hydrogen) atoms. The number of carbonyl (C=O) groups is 1. The minimum atomic E-state index is -0.0143. The summed E-state index contributed by atoms with van der Waals surface area (Å²) in [4.78, 5) is 14.7. The second kappa shape index (κ2) is 10.6. The minimum Gasteiger partial charge on any atom is -0.461 e. The van der Waals surface area contributed by atoms with Crippen molar-refractivity contribution < 1.29 is 9.53 Å². The molecule has 1 heterocycles. The van der Waals surface area contributed by atoms with E-state index in [1.165, 1.54) is 37.7 Å². The molecule has 0 N–H and O–H groups in total. The van der Waals surface area contributed by atoms with Gasteiger partial charge in [0.2, 0.25) is 0 Å². The predicted molar refractivity (Wildman–Crippen MR) is 110 cm³/mol. The van der Waals surface area contributed by atoms with E-state index in [-0.39, 0.29) is 12.1 Å². The van der Waals surface area contributed by atoms with Gasteiger partial charge in [-0.3, -0.25) is 4.79 Å². The number of piperidine rings is 1. The first-order valence-corrected chi connectivity index (χ1v) is 11.4. The Labute approximate surface area is 166 Å². The van der Waals surface area contributed by atoms with Gasteiger partial charge in [0.25, 0.3) is 0 Å². The molecule has 1 saturated heterocycles. The van der Waals surface area contributed by atoms with Crippen molar-refractivity contribution in [1.29, 1.82) is 0 Å². The summed E-state index contributed by atoms with van der Waals surface area (Å²) in [6.45, 7) is 3.13. The highest BCUT2D eigenvalue weighted by atomic mass is 35.5. The van der Waals surface area contributed by atoms with Crippen LogP contribution in [0.25, 0.3) is 0 Å². The number of thioether (sulfide) groups is 1. The van der Waals surface area contributed by atoms with Crippen LogP contribution in [0.2, 0.25) is 5.02 Å². The summed E-state index contributed by atoms with van der Waals surface area (Å²) in [6, 6.07) is 8.04. The largest absolute Gasteiger partial charge is 0.461 e. The van der Waals surface area contributed by atoms with E-state index < -0.39 is 0 Å². The van der Waals surface area contributed by atoms with Crippen LogP contribution in [0.5, 0.6) is 0 Å². The number of nitrogens with zero attached hydrogens (tertiary/aromatic N) is 1. The maximum absolute atomic E-state index is 12.3. The van der Waals surface area contributed by atoms with Gasteiger partial charge in [-0.05, 0) is 62.9 Å². The Morgan fingerprint density at radius 3 is 2.58 bits per heavy atom. The highest BCUT2D eigenvalue weighted by Gasteiger charge is 2.28. The average molecular weight is 396 g/mol. The summed E-state index contributed by atoms with van der Waals surface area (Å²) in [7, 11) is 0. The fraction of sp³-hybridized carbons (Fsp3) is 0.667. The van der Waals surface area contributed by atoms with Crippen LogP contribution < -0.4 is 0 Å². The first kappa shape index (κ1) is 20.0. The van der Waals surface area contributed by atoms with Crippen molar-refractivity contribution in [3.63, 3.8) is 0 Å². The zero-order valence-electron chi connectivity index (χ0n) is 15.5. The van der Waals surface area contributed by atoms with E-state index in [2.05, 4.69) is 17.0 Å². The standard InChI is InChI=1S/C21H30ClNO2S/c22-18-10-8-17(9-11-18)16-26-20-7-3-2-6-19(20)25-21(24)12-15-23-13-4-1-5-14-23/h8-11,19-20H,1-7,12-16H2/t19-,20+/m1/s1. The van der Waals surface area contributed by atoms with Gasteiger partial charge in [0.15, 0.2) is 0 Å². The molecular weight excluding hydrogens is 366 g/mol. The van der Waals surface area contributed by atoms with Crippen molar-refractivity contribution in [2.45, 2.75) is 68.5 Å². The van der Waals surface area contributed by atoms with Gasteiger partial charge < -0.3 is 9.64 Å². The quantitative estimate of drug-likeness (QED) is 0.585. The molecule has 1 saturated carbocycles. The number of rotatable bonds is 7. The second-order valence-electron chi connectivity index (χ2n) is 7.44. The van der Waals surface area contributed by atoms with Gasteiger partial charge in [-0.2, -0.15) is 0 Å². The molecule has 1 aliphatic carbocycles. The predicted octanol–water partition coefficient (Wildman–Crippen LogP) is 5.30. The van der Waals surface area contributed by atoms with Crippen molar-refractivity contribution in [2.24, 2.45) is 0 Å². The van der Waals surface area contributed by atoms with Crippen LogP contribution in [-0.4, -0.2) is 41.9 Å². The van der Waals surface area contributed by atoms with Crippen LogP contribution in [-0.2, 0) is 15.3 Å². The Morgan fingerprint density at radius 1 is 1.08 bits per heavy atom. The topological polar surface area (TPSA) is 29.5 Å². The van der Waals surface area contributed by atoms with Crippen molar-refractivity contribution in [3.8, 4) is 0 Å². The number of esters is 1. The summed E-state index contributed by atoms with van der Waals surface area (Å²) in [5, 5.41) is 1.19. The molecular formula is C21H30ClNO2S. The normalized spacial score (nSPS) is 24.3. The molecule has 0 radical (unpaired) electrons. The summed E-state index contributed by atoms with van der Waals surface area (Å²) in [5.74, 6) is 0.934. The lowest BCUT2D eigenvalue weighted by atomic mass is 9.97. The number of ether oxygens (including phenoxy) is 1. The highest BCUT2D eigenvalue weighted by molar-refractivity contribution is 7.99. The van der Waals surface area contributed by atoms with E-state index in [0.717, 1.165) is 43.3 Å². The molecule has 1 aromatic rings. The van der Waals surface area contributed by atoms with Crippen LogP contribution in [0, 0.1) is 0 Å². The molecule has 144 valence electrons. The Kier molecular flexibility index (Phi) is 8.15. The smallest absolute Gasteiger partial charge is 0.307 e. The molecule has 1 aliphatic heterocycles. The van der Waals surface area contributed by atoms with Crippen molar-refractivity contribution in [1.82, 2.24) is 4.90 Å². The third-order valence-corrected chi connectivity index (χ3v) is 7.10. The van der Waals surface area contributed by atoms with E-state index in [4.69, 9.17) is 16.3 Å². The monoisotopic (exact) mass is 395 g/mol. The van der Waals surface area contributed by atoms with E-state index in [1.807, 2.05) is 23.9 Å². The third kappa shape index (κ3) is 6.47. The van der Waals surface area contributed by atoms with Crippen molar-refractivity contribution in [3.05, 3.63) is 34.9 Å². The lowest BCUT2D eigenvalue weighted by Gasteiger charge is -2.31. The SMILES string of the molecule is O=C(CCN1CCCCC1)O[C@@H]1CCCC[C@@H]1SCc1ccc(Cl)cc1. The maximum atomic E-state index is 12.3. The number of hydrogen-bond acceptors (Lipinski definition) is 4. The summed E-state index contributed by atoms with van der Waals surface area (Å²) in [6.07, 6.45) is 9.02. The number of hydrogen-bond donors (Lipinski definition) is 0. The van der Waals surface area contributed by atoms with E-state index >= 15 is 0 Å². The fourth-order valence-corrected chi connectivity index (χ4v) is 5.30. The van der Waals surface area contributed by atoms with Crippen LogP contribution in [0.15, 0.2) is 24.3 Å². The average Bonchev–Trinajstić information content (AvgIpc) is 2.68. The van der Waals surface area contributed by atoms with E-state index in [0.29, 0.717) is 11.7 Å². The maximum Gasteiger partial charge on any atom is 0.307 e. The van der Waals surface area contributed by atoms with E-state index in [9.17, 15) is 4.79 Å². The molecule has 1 aromatic carbocycles. The summed E-state index contributed by atoms with van der Waals surface area (Å²) < 4.78 is 5.90.